The Bertz CT molecular complexity index is 826. The predicted octanol–water partition coefficient (Wildman–Crippen LogP) is 2.63. The van der Waals surface area contributed by atoms with E-state index in [2.05, 4.69) is 38.4 Å². The normalized spacial score (nSPS) is 18.1. The third-order valence-electron chi connectivity index (χ3n) is 5.16. The van der Waals surface area contributed by atoms with E-state index in [0.717, 1.165) is 37.3 Å². The number of thiophene rings is 1. The summed E-state index contributed by atoms with van der Waals surface area (Å²) >= 11 is 1.65. The Morgan fingerprint density at radius 3 is 2.46 bits per heavy atom. The fourth-order valence-electron chi connectivity index (χ4n) is 3.21. The van der Waals surface area contributed by atoms with Gasteiger partial charge < -0.3 is 4.90 Å². The lowest BCUT2D eigenvalue weighted by Gasteiger charge is -2.37. The largest absolute Gasteiger partial charge is 0.304 e. The molecule has 0 spiro atoms. The first kappa shape index (κ1) is 19.5. The molecule has 1 aromatic carbocycles. The second-order valence-electron chi connectivity index (χ2n) is 7.01. The van der Waals surface area contributed by atoms with Crippen molar-refractivity contribution >= 4 is 21.4 Å². The van der Waals surface area contributed by atoms with Crippen molar-refractivity contribution in [3.8, 4) is 0 Å². The van der Waals surface area contributed by atoms with Gasteiger partial charge >= 0.3 is 0 Å². The van der Waals surface area contributed by atoms with E-state index < -0.39 is 10.0 Å². The van der Waals surface area contributed by atoms with Crippen LogP contribution in [0.25, 0.3) is 0 Å². The zero-order valence-corrected chi connectivity index (χ0v) is 17.2. The minimum absolute atomic E-state index is 0.0660. The molecule has 1 atom stereocenters. The van der Waals surface area contributed by atoms with Crippen molar-refractivity contribution in [1.29, 1.82) is 0 Å². The summed E-state index contributed by atoms with van der Waals surface area (Å²) in [7, 11) is -1.39. The minimum Gasteiger partial charge on any atom is -0.304 e. The Labute approximate surface area is 160 Å². The quantitative estimate of drug-likeness (QED) is 0.820. The highest BCUT2D eigenvalue weighted by Crippen LogP contribution is 2.24. The van der Waals surface area contributed by atoms with Gasteiger partial charge in [-0.1, -0.05) is 6.07 Å². The molecule has 7 heteroatoms. The third kappa shape index (κ3) is 4.53. The number of piperazine rings is 1. The summed E-state index contributed by atoms with van der Waals surface area (Å²) in [4.78, 5) is 5.02. The van der Waals surface area contributed by atoms with Gasteiger partial charge in [-0.15, -0.1) is 0 Å². The van der Waals surface area contributed by atoms with E-state index in [1.165, 1.54) is 5.56 Å². The maximum atomic E-state index is 12.8. The number of nitrogens with zero attached hydrogens (tertiary/aromatic N) is 2. The van der Waals surface area contributed by atoms with Gasteiger partial charge in [0.1, 0.15) is 0 Å². The lowest BCUT2D eigenvalue weighted by molar-refractivity contribution is 0.113. The van der Waals surface area contributed by atoms with Gasteiger partial charge in [-0.05, 0) is 66.5 Å². The number of hydrogen-bond donors (Lipinski definition) is 1. The van der Waals surface area contributed by atoms with Gasteiger partial charge in [0.15, 0.2) is 0 Å². The molecule has 1 unspecified atom stereocenters. The maximum absolute atomic E-state index is 12.8. The molecule has 3 rings (SSSR count). The van der Waals surface area contributed by atoms with E-state index in [-0.39, 0.29) is 6.04 Å². The summed E-state index contributed by atoms with van der Waals surface area (Å²) in [6, 6.07) is 7.45. The molecule has 1 N–H and O–H groups in total. The molecular formula is C19H27N3O2S2. The first-order chi connectivity index (χ1) is 12.4. The van der Waals surface area contributed by atoms with E-state index in [1.807, 2.05) is 19.9 Å². The third-order valence-corrected chi connectivity index (χ3v) is 7.28. The second-order valence-corrected chi connectivity index (χ2v) is 9.56. The lowest BCUT2D eigenvalue weighted by atomic mass is 10.1. The Balaban J connectivity index is 1.75. The molecule has 0 aliphatic carbocycles. The van der Waals surface area contributed by atoms with Crippen LogP contribution in [-0.4, -0.2) is 58.0 Å². The van der Waals surface area contributed by atoms with Crippen LogP contribution < -0.4 is 4.72 Å². The summed E-state index contributed by atoms with van der Waals surface area (Å²) in [6.45, 7) is 8.21. The second kappa shape index (κ2) is 8.19. The van der Waals surface area contributed by atoms with Gasteiger partial charge in [-0.2, -0.15) is 11.3 Å². The first-order valence-corrected chi connectivity index (χ1v) is 11.3. The standard InChI is InChI=1S/C19H27N3O2S2/c1-15-4-5-18(12-16(15)2)26(23,24)20-13-19(17-6-11-25-14-17)22-9-7-21(3)8-10-22/h4-6,11-12,14,19-20H,7-10,13H2,1-3H3. The summed E-state index contributed by atoms with van der Waals surface area (Å²) in [5.74, 6) is 0. The van der Waals surface area contributed by atoms with Crippen molar-refractivity contribution < 1.29 is 8.42 Å². The van der Waals surface area contributed by atoms with E-state index >= 15 is 0 Å². The molecule has 2 aromatic rings. The molecule has 2 heterocycles. The molecule has 0 saturated carbocycles. The van der Waals surface area contributed by atoms with E-state index in [0.29, 0.717) is 11.4 Å². The van der Waals surface area contributed by atoms with Crippen LogP contribution in [0, 0.1) is 13.8 Å². The Morgan fingerprint density at radius 1 is 1.12 bits per heavy atom. The number of nitrogens with one attached hydrogen (secondary N) is 1. The highest BCUT2D eigenvalue weighted by Gasteiger charge is 2.26. The summed E-state index contributed by atoms with van der Waals surface area (Å²) in [5, 5.41) is 4.17. The molecular weight excluding hydrogens is 366 g/mol. The molecule has 1 aliphatic rings. The average Bonchev–Trinajstić information content (AvgIpc) is 3.13. The maximum Gasteiger partial charge on any atom is 0.240 e. The molecule has 26 heavy (non-hydrogen) atoms. The number of rotatable bonds is 6. The summed E-state index contributed by atoms with van der Waals surface area (Å²) in [6.07, 6.45) is 0. The number of hydrogen-bond acceptors (Lipinski definition) is 5. The zero-order chi connectivity index (χ0) is 18.7. The SMILES string of the molecule is Cc1ccc(S(=O)(=O)NCC(c2ccsc2)N2CCN(C)CC2)cc1C. The fraction of sp³-hybridized carbons (Fsp3) is 0.474. The number of sulfonamides is 1. The smallest absolute Gasteiger partial charge is 0.240 e. The van der Waals surface area contributed by atoms with E-state index in [9.17, 15) is 8.42 Å². The van der Waals surface area contributed by atoms with Gasteiger partial charge in [0.25, 0.3) is 0 Å². The molecule has 1 aliphatic heterocycles. The van der Waals surface area contributed by atoms with Crippen molar-refractivity contribution in [3.63, 3.8) is 0 Å². The van der Waals surface area contributed by atoms with Crippen molar-refractivity contribution in [3.05, 3.63) is 51.7 Å². The van der Waals surface area contributed by atoms with Crippen molar-refractivity contribution in [2.45, 2.75) is 24.8 Å². The molecule has 0 radical (unpaired) electrons. The molecule has 142 valence electrons. The van der Waals surface area contributed by atoms with Crippen LogP contribution in [0.5, 0.6) is 0 Å². The molecule has 1 fully saturated rings. The van der Waals surface area contributed by atoms with Crippen molar-refractivity contribution in [2.24, 2.45) is 0 Å². The minimum atomic E-state index is -3.52. The summed E-state index contributed by atoms with van der Waals surface area (Å²) < 4.78 is 28.4. The topological polar surface area (TPSA) is 52.7 Å². The lowest BCUT2D eigenvalue weighted by Crippen LogP contribution is -2.48. The Kier molecular flexibility index (Phi) is 6.14. The van der Waals surface area contributed by atoms with Gasteiger partial charge in [-0.25, -0.2) is 13.1 Å². The monoisotopic (exact) mass is 393 g/mol. The van der Waals surface area contributed by atoms with Crippen LogP contribution in [0.15, 0.2) is 39.9 Å². The molecule has 1 saturated heterocycles. The Hall–Kier alpha value is -1.25. The van der Waals surface area contributed by atoms with Crippen LogP contribution in [0.1, 0.15) is 22.7 Å². The van der Waals surface area contributed by atoms with Gasteiger partial charge in [0, 0.05) is 38.8 Å². The zero-order valence-electron chi connectivity index (χ0n) is 15.6. The van der Waals surface area contributed by atoms with Crippen molar-refractivity contribution in [1.82, 2.24) is 14.5 Å². The van der Waals surface area contributed by atoms with E-state index in [1.54, 1.807) is 23.5 Å². The highest BCUT2D eigenvalue weighted by molar-refractivity contribution is 7.89. The van der Waals surface area contributed by atoms with Crippen LogP contribution >= 0.6 is 11.3 Å². The predicted molar refractivity (Wildman–Crippen MR) is 107 cm³/mol. The number of likely N-dealkylation sites (N-methyl/N-ethyl adjacent to an activating group) is 1. The number of benzene rings is 1. The van der Waals surface area contributed by atoms with Crippen molar-refractivity contribution in [2.75, 3.05) is 39.8 Å². The Morgan fingerprint density at radius 2 is 1.85 bits per heavy atom. The van der Waals surface area contributed by atoms with E-state index in [4.69, 9.17) is 0 Å². The first-order valence-electron chi connectivity index (χ1n) is 8.88. The van der Waals surface area contributed by atoms with Crippen LogP contribution in [0.3, 0.4) is 0 Å². The molecule has 5 nitrogen and oxygen atoms in total. The highest BCUT2D eigenvalue weighted by atomic mass is 32.2. The fourth-order valence-corrected chi connectivity index (χ4v) is 5.04. The van der Waals surface area contributed by atoms with Gasteiger partial charge in [0.05, 0.1) is 4.90 Å². The molecule has 1 aromatic heterocycles. The van der Waals surface area contributed by atoms with Gasteiger partial charge in [0.2, 0.25) is 10.0 Å². The summed E-state index contributed by atoms with van der Waals surface area (Å²) in [5.41, 5.74) is 3.27. The van der Waals surface area contributed by atoms with Gasteiger partial charge in [-0.3, -0.25) is 4.90 Å². The molecule has 0 bridgehead atoms. The molecule has 0 amide bonds. The number of aryl methyl sites for hydroxylation is 2. The van der Waals surface area contributed by atoms with Crippen LogP contribution in [-0.2, 0) is 10.0 Å². The van der Waals surface area contributed by atoms with Crippen LogP contribution in [0.4, 0.5) is 0 Å². The van der Waals surface area contributed by atoms with Crippen LogP contribution in [0.2, 0.25) is 0 Å². The average molecular weight is 394 g/mol.